The van der Waals surface area contributed by atoms with E-state index in [1.165, 1.54) is 89.9 Å². The summed E-state index contributed by atoms with van der Waals surface area (Å²) in [6.07, 6.45) is 18.7. The smallest absolute Gasteiger partial charge is 0.0484 e. The Morgan fingerprint density at radius 2 is 0.950 bits per heavy atom. The standard InChI is InChI=1S/C19H40O/c1-4-6-8-10-12-14-16-19(3,18-20)17-15-13-11-9-7-5-2/h20H,4-18H2,1-3H3. The van der Waals surface area contributed by atoms with Crippen LogP contribution in [0.3, 0.4) is 0 Å². The summed E-state index contributed by atoms with van der Waals surface area (Å²) in [6, 6.07) is 0. The summed E-state index contributed by atoms with van der Waals surface area (Å²) in [4.78, 5) is 0. The van der Waals surface area contributed by atoms with E-state index in [0.717, 1.165) is 0 Å². The number of hydrogen-bond donors (Lipinski definition) is 1. The minimum Gasteiger partial charge on any atom is -0.396 e. The largest absolute Gasteiger partial charge is 0.396 e. The van der Waals surface area contributed by atoms with Crippen LogP contribution >= 0.6 is 0 Å². The second-order valence-electron chi connectivity index (χ2n) is 7.00. The Balaban J connectivity index is 3.57. The molecule has 0 fully saturated rings. The maximum absolute atomic E-state index is 9.67. The molecule has 0 spiro atoms. The topological polar surface area (TPSA) is 20.2 Å². The molecule has 122 valence electrons. The molecule has 0 rings (SSSR count). The van der Waals surface area contributed by atoms with E-state index in [4.69, 9.17) is 0 Å². The summed E-state index contributed by atoms with van der Waals surface area (Å²) < 4.78 is 0. The molecule has 0 unspecified atom stereocenters. The van der Waals surface area contributed by atoms with Gasteiger partial charge in [-0.25, -0.2) is 0 Å². The molecule has 0 radical (unpaired) electrons. The quantitative estimate of drug-likeness (QED) is 0.341. The predicted octanol–water partition coefficient (Wildman–Crippen LogP) is 6.49. The van der Waals surface area contributed by atoms with Gasteiger partial charge in [-0.3, -0.25) is 0 Å². The van der Waals surface area contributed by atoms with E-state index in [-0.39, 0.29) is 5.41 Å². The van der Waals surface area contributed by atoms with Crippen LogP contribution in [0.5, 0.6) is 0 Å². The van der Waals surface area contributed by atoms with Crippen molar-refractivity contribution in [3.63, 3.8) is 0 Å². The van der Waals surface area contributed by atoms with Crippen LogP contribution in [0.15, 0.2) is 0 Å². The summed E-state index contributed by atoms with van der Waals surface area (Å²) in [6.45, 7) is 7.19. The minimum absolute atomic E-state index is 0.190. The van der Waals surface area contributed by atoms with Crippen molar-refractivity contribution in [3.8, 4) is 0 Å². The molecule has 0 atom stereocenters. The zero-order valence-corrected chi connectivity index (χ0v) is 14.6. The van der Waals surface area contributed by atoms with Crippen LogP contribution in [0.25, 0.3) is 0 Å². The number of hydrogen-bond acceptors (Lipinski definition) is 1. The monoisotopic (exact) mass is 284 g/mol. The Bertz CT molecular complexity index is 172. The molecule has 1 heteroatoms. The van der Waals surface area contributed by atoms with Crippen LogP contribution in [-0.2, 0) is 0 Å². The molecule has 0 aliphatic heterocycles. The lowest BCUT2D eigenvalue weighted by Gasteiger charge is -2.27. The zero-order chi connectivity index (χ0) is 15.1. The van der Waals surface area contributed by atoms with Gasteiger partial charge >= 0.3 is 0 Å². The maximum Gasteiger partial charge on any atom is 0.0484 e. The molecule has 0 heterocycles. The van der Waals surface area contributed by atoms with Crippen LogP contribution in [0.2, 0.25) is 0 Å². The maximum atomic E-state index is 9.67. The molecule has 0 aromatic heterocycles. The van der Waals surface area contributed by atoms with Crippen LogP contribution in [-0.4, -0.2) is 11.7 Å². The average Bonchev–Trinajstić information content (AvgIpc) is 2.46. The average molecular weight is 285 g/mol. The molecule has 20 heavy (non-hydrogen) atoms. The molecule has 0 aliphatic carbocycles. The fourth-order valence-electron chi connectivity index (χ4n) is 2.95. The van der Waals surface area contributed by atoms with Gasteiger partial charge in [0.25, 0.3) is 0 Å². The summed E-state index contributed by atoms with van der Waals surface area (Å²) in [5.74, 6) is 0. The van der Waals surface area contributed by atoms with Gasteiger partial charge in [0.1, 0.15) is 0 Å². The van der Waals surface area contributed by atoms with Crippen molar-refractivity contribution in [2.24, 2.45) is 5.41 Å². The lowest BCUT2D eigenvalue weighted by atomic mass is 9.80. The minimum atomic E-state index is 0.190. The lowest BCUT2D eigenvalue weighted by Crippen LogP contribution is -2.21. The van der Waals surface area contributed by atoms with Gasteiger partial charge in [-0.05, 0) is 18.3 Å². The van der Waals surface area contributed by atoms with Gasteiger partial charge in [-0.1, -0.05) is 97.8 Å². The molecule has 0 saturated heterocycles. The van der Waals surface area contributed by atoms with Crippen molar-refractivity contribution in [1.82, 2.24) is 0 Å². The first-order valence-corrected chi connectivity index (χ1v) is 9.29. The first kappa shape index (κ1) is 20.0. The third-order valence-corrected chi connectivity index (χ3v) is 4.65. The van der Waals surface area contributed by atoms with E-state index < -0.39 is 0 Å². The Morgan fingerprint density at radius 1 is 0.600 bits per heavy atom. The normalized spacial score (nSPS) is 12.0. The second kappa shape index (κ2) is 13.9. The van der Waals surface area contributed by atoms with Crippen molar-refractivity contribution < 1.29 is 5.11 Å². The van der Waals surface area contributed by atoms with Gasteiger partial charge in [0.2, 0.25) is 0 Å². The first-order valence-electron chi connectivity index (χ1n) is 9.29. The van der Waals surface area contributed by atoms with E-state index in [0.29, 0.717) is 6.61 Å². The molecule has 0 aliphatic rings. The fraction of sp³-hybridized carbons (Fsp3) is 1.00. The summed E-state index contributed by atoms with van der Waals surface area (Å²) >= 11 is 0. The zero-order valence-electron chi connectivity index (χ0n) is 14.6. The van der Waals surface area contributed by atoms with E-state index in [9.17, 15) is 5.11 Å². The summed E-state index contributed by atoms with van der Waals surface area (Å²) in [5.41, 5.74) is 0.190. The molecule has 0 saturated carbocycles. The third kappa shape index (κ3) is 11.8. The molecule has 1 nitrogen and oxygen atoms in total. The Morgan fingerprint density at radius 3 is 1.30 bits per heavy atom. The van der Waals surface area contributed by atoms with Gasteiger partial charge in [-0.15, -0.1) is 0 Å². The van der Waals surface area contributed by atoms with Gasteiger partial charge in [-0.2, -0.15) is 0 Å². The third-order valence-electron chi connectivity index (χ3n) is 4.65. The highest BCUT2D eigenvalue weighted by Crippen LogP contribution is 2.30. The van der Waals surface area contributed by atoms with Crippen molar-refractivity contribution in [1.29, 1.82) is 0 Å². The molecular formula is C19H40O. The van der Waals surface area contributed by atoms with E-state index in [2.05, 4.69) is 20.8 Å². The lowest BCUT2D eigenvalue weighted by molar-refractivity contribution is 0.116. The van der Waals surface area contributed by atoms with Gasteiger partial charge in [0.05, 0.1) is 0 Å². The summed E-state index contributed by atoms with van der Waals surface area (Å²) in [7, 11) is 0. The van der Waals surface area contributed by atoms with Gasteiger partial charge in [0.15, 0.2) is 0 Å². The van der Waals surface area contributed by atoms with E-state index in [1.807, 2.05) is 0 Å². The number of aliphatic hydroxyl groups excluding tert-OH is 1. The van der Waals surface area contributed by atoms with Crippen LogP contribution < -0.4 is 0 Å². The fourth-order valence-corrected chi connectivity index (χ4v) is 2.95. The Labute approximate surface area is 128 Å². The number of unbranched alkanes of at least 4 members (excludes halogenated alkanes) is 10. The molecule has 0 aromatic rings. The van der Waals surface area contributed by atoms with Crippen LogP contribution in [0.4, 0.5) is 0 Å². The van der Waals surface area contributed by atoms with Gasteiger partial charge in [0, 0.05) is 6.61 Å². The SMILES string of the molecule is CCCCCCCCC(C)(CO)CCCCCCCC. The van der Waals surface area contributed by atoms with Crippen molar-refractivity contribution in [2.45, 2.75) is 111 Å². The Hall–Kier alpha value is -0.0400. The van der Waals surface area contributed by atoms with Crippen LogP contribution in [0.1, 0.15) is 111 Å². The highest BCUT2D eigenvalue weighted by atomic mass is 16.3. The van der Waals surface area contributed by atoms with Gasteiger partial charge < -0.3 is 5.11 Å². The molecular weight excluding hydrogens is 244 g/mol. The number of aliphatic hydroxyl groups is 1. The van der Waals surface area contributed by atoms with Crippen molar-refractivity contribution in [2.75, 3.05) is 6.61 Å². The molecule has 1 N–H and O–H groups in total. The first-order chi connectivity index (χ1) is 9.68. The highest BCUT2D eigenvalue weighted by molar-refractivity contribution is 4.73. The van der Waals surface area contributed by atoms with E-state index in [1.54, 1.807) is 0 Å². The van der Waals surface area contributed by atoms with Crippen molar-refractivity contribution >= 4 is 0 Å². The second-order valence-corrected chi connectivity index (χ2v) is 7.00. The molecule has 0 bridgehead atoms. The Kier molecular flexibility index (Phi) is 13.9. The van der Waals surface area contributed by atoms with Crippen molar-refractivity contribution in [3.05, 3.63) is 0 Å². The number of rotatable bonds is 15. The van der Waals surface area contributed by atoms with E-state index >= 15 is 0 Å². The predicted molar refractivity (Wildman–Crippen MR) is 91.2 cm³/mol. The molecule has 0 amide bonds. The van der Waals surface area contributed by atoms with Crippen LogP contribution in [0, 0.1) is 5.41 Å². The molecule has 0 aromatic carbocycles. The highest BCUT2D eigenvalue weighted by Gasteiger charge is 2.21. The summed E-state index contributed by atoms with van der Waals surface area (Å²) in [5, 5.41) is 9.67.